The normalized spacial score (nSPS) is 20.4. The Balaban J connectivity index is 1.57. The molecule has 0 amide bonds. The Labute approximate surface area is 193 Å². The van der Waals surface area contributed by atoms with Gasteiger partial charge in [-0.3, -0.25) is 4.79 Å². The molecule has 3 heterocycles. The number of aryl methyl sites for hydroxylation is 2. The Morgan fingerprint density at radius 2 is 1.71 bits per heavy atom. The maximum Gasteiger partial charge on any atom is 0.282 e. The fourth-order valence-corrected chi connectivity index (χ4v) is 8.78. The highest BCUT2D eigenvalue weighted by atomic mass is 32.2. The number of nitrogens with zero attached hydrogens (tertiary/aromatic N) is 2. The number of fused-ring (bicyclic) bond motifs is 5. The summed E-state index contributed by atoms with van der Waals surface area (Å²) in [6.07, 6.45) is 4.49. The minimum atomic E-state index is -0.0332. The van der Waals surface area contributed by atoms with Crippen LogP contribution in [0.4, 0.5) is 0 Å². The molecule has 0 saturated carbocycles. The van der Waals surface area contributed by atoms with Gasteiger partial charge in [0, 0.05) is 20.8 Å². The van der Waals surface area contributed by atoms with Crippen molar-refractivity contribution in [3.05, 3.63) is 87.0 Å². The van der Waals surface area contributed by atoms with Gasteiger partial charge in [-0.15, -0.1) is 23.1 Å². The van der Waals surface area contributed by atoms with Crippen molar-refractivity contribution < 1.29 is 0 Å². The molecule has 1 aliphatic heterocycles. The van der Waals surface area contributed by atoms with Crippen molar-refractivity contribution in [3.8, 4) is 0 Å². The van der Waals surface area contributed by atoms with E-state index in [4.69, 9.17) is 0 Å². The van der Waals surface area contributed by atoms with Crippen molar-refractivity contribution in [3.63, 3.8) is 0 Å². The highest BCUT2D eigenvalue weighted by Crippen LogP contribution is 2.46. The third kappa shape index (κ3) is 3.45. The molecule has 0 unspecified atom stereocenters. The quantitative estimate of drug-likeness (QED) is 0.340. The van der Waals surface area contributed by atoms with Gasteiger partial charge >= 0.3 is 0 Å². The Bertz CT molecular complexity index is 1300. The predicted molar refractivity (Wildman–Crippen MR) is 132 cm³/mol. The van der Waals surface area contributed by atoms with Crippen LogP contribution in [-0.2, 0) is 12.8 Å². The minimum absolute atomic E-state index is 0.0332. The highest BCUT2D eigenvalue weighted by molar-refractivity contribution is 8.03. The Hall–Kier alpha value is -2.02. The van der Waals surface area contributed by atoms with Crippen LogP contribution in [0, 0.1) is 0 Å². The standard InChI is InChI=1S/C25H22N2OS3/c28-23-21-18-13-7-8-14-19(18)31-24(21)27-22(16-9-3-1-4-10-16)20(15-29-25(27)26-23)30-17-11-5-2-6-12-17/h1-6,9-12,20,22H,7-8,13-15H2/t20-,22-/m0/s1. The fraction of sp³-hybridized carbons (Fsp3) is 0.280. The molecule has 3 nitrogen and oxygen atoms in total. The van der Waals surface area contributed by atoms with Crippen molar-refractivity contribution in [1.82, 2.24) is 9.55 Å². The first-order valence-electron chi connectivity index (χ1n) is 10.8. The van der Waals surface area contributed by atoms with E-state index in [1.54, 1.807) is 11.8 Å². The zero-order chi connectivity index (χ0) is 20.8. The van der Waals surface area contributed by atoms with E-state index >= 15 is 0 Å². The third-order valence-electron chi connectivity index (χ3n) is 6.17. The molecule has 4 aromatic rings. The topological polar surface area (TPSA) is 34.9 Å². The van der Waals surface area contributed by atoms with Crippen LogP contribution in [0.3, 0.4) is 0 Å². The summed E-state index contributed by atoms with van der Waals surface area (Å²) >= 11 is 5.50. The summed E-state index contributed by atoms with van der Waals surface area (Å²) in [5, 5.41) is 2.11. The molecule has 2 atom stereocenters. The van der Waals surface area contributed by atoms with Crippen molar-refractivity contribution in [2.75, 3.05) is 5.75 Å². The third-order valence-corrected chi connectivity index (χ3v) is 10.0. The average molecular weight is 463 g/mol. The molecular formula is C25H22N2OS3. The lowest BCUT2D eigenvalue weighted by molar-refractivity contribution is 0.526. The maximum absolute atomic E-state index is 13.1. The van der Waals surface area contributed by atoms with E-state index < -0.39 is 0 Å². The van der Waals surface area contributed by atoms with E-state index in [-0.39, 0.29) is 11.6 Å². The summed E-state index contributed by atoms with van der Waals surface area (Å²) in [4.78, 5) is 21.5. The molecule has 2 aromatic carbocycles. The van der Waals surface area contributed by atoms with Crippen LogP contribution in [0.25, 0.3) is 10.2 Å². The van der Waals surface area contributed by atoms with Gasteiger partial charge in [-0.2, -0.15) is 4.98 Å². The molecule has 0 N–H and O–H groups in total. The molecule has 0 spiro atoms. The summed E-state index contributed by atoms with van der Waals surface area (Å²) in [5.74, 6) is 0.933. The van der Waals surface area contributed by atoms with Gasteiger partial charge in [0.05, 0.1) is 11.4 Å². The molecule has 0 saturated heterocycles. The largest absolute Gasteiger partial charge is 0.303 e. The zero-order valence-electron chi connectivity index (χ0n) is 17.0. The second-order valence-electron chi connectivity index (χ2n) is 8.10. The Morgan fingerprint density at radius 3 is 2.52 bits per heavy atom. The van der Waals surface area contributed by atoms with Gasteiger partial charge in [-0.25, -0.2) is 0 Å². The molecule has 2 aromatic heterocycles. The van der Waals surface area contributed by atoms with Gasteiger partial charge in [0.1, 0.15) is 4.83 Å². The van der Waals surface area contributed by atoms with Crippen LogP contribution in [0.1, 0.15) is 34.9 Å². The number of thiophene rings is 1. The SMILES string of the molecule is O=c1nc2n(c3sc4c(c13)CCCC4)[C@@H](c1ccccc1)[C@@H](Sc1ccccc1)CS2. The van der Waals surface area contributed by atoms with E-state index in [1.165, 1.54) is 33.7 Å². The summed E-state index contributed by atoms with van der Waals surface area (Å²) in [5.41, 5.74) is 2.53. The van der Waals surface area contributed by atoms with E-state index in [0.29, 0.717) is 5.25 Å². The van der Waals surface area contributed by atoms with Crippen LogP contribution in [-0.4, -0.2) is 20.6 Å². The second-order valence-corrected chi connectivity index (χ2v) is 11.5. The number of benzene rings is 2. The fourth-order valence-electron chi connectivity index (χ4n) is 4.77. The monoisotopic (exact) mass is 462 g/mol. The molecule has 6 rings (SSSR count). The van der Waals surface area contributed by atoms with E-state index in [0.717, 1.165) is 34.0 Å². The Kier molecular flexibility index (Phi) is 5.17. The van der Waals surface area contributed by atoms with Gasteiger partial charge < -0.3 is 4.57 Å². The lowest BCUT2D eigenvalue weighted by Crippen LogP contribution is -2.32. The molecule has 0 bridgehead atoms. The lowest BCUT2D eigenvalue weighted by atomic mass is 9.97. The van der Waals surface area contributed by atoms with Gasteiger partial charge in [0.2, 0.25) is 0 Å². The number of hydrogen-bond acceptors (Lipinski definition) is 5. The van der Waals surface area contributed by atoms with Gasteiger partial charge in [-0.1, -0.05) is 60.3 Å². The first kappa shape index (κ1) is 19.6. The van der Waals surface area contributed by atoms with Gasteiger partial charge in [0.25, 0.3) is 5.56 Å². The van der Waals surface area contributed by atoms with Crippen LogP contribution in [0.5, 0.6) is 0 Å². The van der Waals surface area contributed by atoms with Crippen LogP contribution < -0.4 is 5.56 Å². The van der Waals surface area contributed by atoms with E-state index in [9.17, 15) is 4.79 Å². The number of rotatable bonds is 3. The first-order chi connectivity index (χ1) is 15.3. The highest BCUT2D eigenvalue weighted by Gasteiger charge is 2.35. The number of thioether (sulfide) groups is 2. The molecular weight excluding hydrogens is 440 g/mol. The van der Waals surface area contributed by atoms with Crippen LogP contribution in [0.2, 0.25) is 0 Å². The summed E-state index contributed by atoms with van der Waals surface area (Å²) in [7, 11) is 0. The molecule has 156 valence electrons. The number of hydrogen-bond donors (Lipinski definition) is 0. The maximum atomic E-state index is 13.1. The summed E-state index contributed by atoms with van der Waals surface area (Å²) < 4.78 is 2.39. The zero-order valence-corrected chi connectivity index (χ0v) is 19.4. The van der Waals surface area contributed by atoms with Crippen LogP contribution >= 0.6 is 34.9 Å². The van der Waals surface area contributed by atoms with Crippen molar-refractivity contribution in [2.45, 2.75) is 47.0 Å². The Morgan fingerprint density at radius 1 is 0.968 bits per heavy atom. The lowest BCUT2D eigenvalue weighted by Gasteiger charge is -2.35. The van der Waals surface area contributed by atoms with E-state index in [1.807, 2.05) is 23.1 Å². The molecule has 1 aliphatic carbocycles. The smallest absolute Gasteiger partial charge is 0.282 e. The summed E-state index contributed by atoms with van der Waals surface area (Å²) in [6.45, 7) is 0. The first-order valence-corrected chi connectivity index (χ1v) is 13.4. The van der Waals surface area contributed by atoms with Gasteiger partial charge in [-0.05, 0) is 48.9 Å². The number of aromatic nitrogens is 2. The molecule has 0 radical (unpaired) electrons. The van der Waals surface area contributed by atoms with E-state index in [2.05, 4.69) is 70.2 Å². The molecule has 0 fully saturated rings. The van der Waals surface area contributed by atoms with Crippen molar-refractivity contribution >= 4 is 45.1 Å². The summed E-state index contributed by atoms with van der Waals surface area (Å²) in [6, 6.07) is 21.6. The van der Waals surface area contributed by atoms with Crippen molar-refractivity contribution in [2.24, 2.45) is 0 Å². The van der Waals surface area contributed by atoms with Crippen LogP contribution in [0.15, 0.2) is 75.5 Å². The predicted octanol–water partition coefficient (Wildman–Crippen LogP) is 6.19. The second kappa shape index (κ2) is 8.15. The average Bonchev–Trinajstić information content (AvgIpc) is 3.21. The minimum Gasteiger partial charge on any atom is -0.303 e. The molecule has 31 heavy (non-hydrogen) atoms. The molecule has 2 aliphatic rings. The van der Waals surface area contributed by atoms with Crippen molar-refractivity contribution in [1.29, 1.82) is 0 Å². The molecule has 6 heteroatoms. The van der Waals surface area contributed by atoms with Gasteiger partial charge in [0.15, 0.2) is 5.16 Å².